The van der Waals surface area contributed by atoms with E-state index >= 15 is 0 Å². The molecule has 0 saturated carbocycles. The van der Waals surface area contributed by atoms with E-state index in [4.69, 9.17) is 9.47 Å². The van der Waals surface area contributed by atoms with Crippen LogP contribution in [-0.4, -0.2) is 49.6 Å². The lowest BCUT2D eigenvalue weighted by Crippen LogP contribution is -3.06. The highest BCUT2D eigenvalue weighted by molar-refractivity contribution is 7.07. The number of benzene rings is 2. The van der Waals surface area contributed by atoms with Crippen LogP contribution in [0.3, 0.4) is 0 Å². The summed E-state index contributed by atoms with van der Waals surface area (Å²) in [6, 6.07) is 14.9. The van der Waals surface area contributed by atoms with Crippen molar-refractivity contribution in [1.82, 2.24) is 14.7 Å². The summed E-state index contributed by atoms with van der Waals surface area (Å²) in [6.07, 6.45) is 0.591. The fraction of sp³-hybridized carbons (Fsp3) is 0.286. The summed E-state index contributed by atoms with van der Waals surface area (Å²) >= 11 is 1.19. The third kappa shape index (κ3) is 6.27. The van der Waals surface area contributed by atoms with Crippen molar-refractivity contribution < 1.29 is 19.2 Å². The van der Waals surface area contributed by atoms with Crippen LogP contribution in [0, 0.1) is 0 Å². The molecule has 2 N–H and O–H groups in total. The monoisotopic (exact) mass is 413 g/mol. The Hall–Kier alpha value is -2.97. The van der Waals surface area contributed by atoms with Crippen molar-refractivity contribution in [3.63, 3.8) is 0 Å². The smallest absolute Gasteiger partial charge is 0.298 e. The Morgan fingerprint density at radius 1 is 1.14 bits per heavy atom. The number of likely N-dealkylation sites (N-methyl/N-ethyl adjacent to an activating group) is 1. The van der Waals surface area contributed by atoms with Gasteiger partial charge in [0.2, 0.25) is 0 Å². The molecule has 3 rings (SSSR count). The first kappa shape index (κ1) is 20.8. The van der Waals surface area contributed by atoms with Gasteiger partial charge < -0.3 is 19.7 Å². The number of nitrogens with one attached hydrogen (secondary N) is 2. The molecule has 1 heterocycles. The standard InChI is InChI=1S/C21H24N4O3S/c1-25(2)11-10-22-20(26)16-7-5-9-18(14-16)28-21-23-19(24-29-21)13-15-6-4-8-17(12-15)27-3/h4-9,12,14H,10-11,13H2,1-3H3,(H,22,26)/p+1. The molecule has 29 heavy (non-hydrogen) atoms. The molecule has 0 aliphatic rings. The number of carbonyl (C=O) groups is 1. The number of nitrogens with zero attached hydrogens (tertiary/aromatic N) is 2. The molecule has 0 bridgehead atoms. The predicted molar refractivity (Wildman–Crippen MR) is 112 cm³/mol. The van der Waals surface area contributed by atoms with Gasteiger partial charge in [0.1, 0.15) is 11.5 Å². The highest BCUT2D eigenvalue weighted by Gasteiger charge is 2.11. The number of carbonyl (C=O) groups excluding carboxylic acids is 1. The lowest BCUT2D eigenvalue weighted by atomic mass is 10.1. The van der Waals surface area contributed by atoms with Crippen LogP contribution in [0.1, 0.15) is 21.7 Å². The van der Waals surface area contributed by atoms with Crippen LogP contribution in [0.5, 0.6) is 16.7 Å². The van der Waals surface area contributed by atoms with Gasteiger partial charge in [0.15, 0.2) is 5.82 Å². The highest BCUT2D eigenvalue weighted by atomic mass is 32.1. The molecule has 2 aromatic carbocycles. The second-order valence-corrected chi connectivity index (χ2v) is 7.56. The van der Waals surface area contributed by atoms with Crippen molar-refractivity contribution in [3.05, 3.63) is 65.5 Å². The Balaban J connectivity index is 1.61. The van der Waals surface area contributed by atoms with Gasteiger partial charge in [0, 0.05) is 23.5 Å². The second kappa shape index (κ2) is 9.99. The molecule has 1 aromatic heterocycles. The van der Waals surface area contributed by atoms with Crippen molar-refractivity contribution in [2.45, 2.75) is 6.42 Å². The summed E-state index contributed by atoms with van der Waals surface area (Å²) in [6.45, 7) is 1.49. The maximum Gasteiger partial charge on any atom is 0.298 e. The van der Waals surface area contributed by atoms with Gasteiger partial charge in [-0.1, -0.05) is 18.2 Å². The number of methoxy groups -OCH3 is 1. The number of amides is 1. The maximum atomic E-state index is 12.3. The van der Waals surface area contributed by atoms with Crippen LogP contribution >= 0.6 is 11.5 Å². The summed E-state index contributed by atoms with van der Waals surface area (Å²) in [7, 11) is 5.74. The Labute approximate surface area is 174 Å². The minimum atomic E-state index is -0.118. The van der Waals surface area contributed by atoms with Crippen LogP contribution in [-0.2, 0) is 6.42 Å². The molecule has 0 aliphatic heterocycles. The van der Waals surface area contributed by atoms with Gasteiger partial charge in [-0.25, -0.2) is 0 Å². The molecule has 8 heteroatoms. The number of hydrogen-bond donors (Lipinski definition) is 2. The lowest BCUT2D eigenvalue weighted by molar-refractivity contribution is -0.856. The topological polar surface area (TPSA) is 77.8 Å². The van der Waals surface area contributed by atoms with E-state index in [1.54, 1.807) is 31.4 Å². The van der Waals surface area contributed by atoms with Crippen molar-refractivity contribution in [3.8, 4) is 16.7 Å². The minimum Gasteiger partial charge on any atom is -0.497 e. The zero-order valence-electron chi connectivity index (χ0n) is 16.8. The van der Waals surface area contributed by atoms with Crippen molar-refractivity contribution in [2.75, 3.05) is 34.3 Å². The van der Waals surface area contributed by atoms with E-state index < -0.39 is 0 Å². The second-order valence-electron chi connectivity index (χ2n) is 6.85. The number of aromatic nitrogens is 2. The van der Waals surface area contributed by atoms with E-state index in [9.17, 15) is 4.79 Å². The molecule has 0 spiro atoms. The lowest BCUT2D eigenvalue weighted by Gasteiger charge is -2.09. The van der Waals surface area contributed by atoms with Gasteiger partial charge in [-0.3, -0.25) is 4.79 Å². The van der Waals surface area contributed by atoms with Crippen molar-refractivity contribution >= 4 is 17.4 Å². The van der Waals surface area contributed by atoms with Crippen LogP contribution < -0.4 is 19.7 Å². The number of hydrogen-bond acceptors (Lipinski definition) is 6. The molecular weight excluding hydrogens is 388 g/mol. The average Bonchev–Trinajstić information content (AvgIpc) is 3.14. The van der Waals surface area contributed by atoms with Crippen molar-refractivity contribution in [1.29, 1.82) is 0 Å². The van der Waals surface area contributed by atoms with E-state index in [0.29, 0.717) is 35.3 Å². The summed E-state index contributed by atoms with van der Waals surface area (Å²) in [5.74, 6) is 1.92. The van der Waals surface area contributed by atoms with E-state index in [1.165, 1.54) is 16.4 Å². The zero-order chi connectivity index (χ0) is 20.6. The Morgan fingerprint density at radius 2 is 1.93 bits per heavy atom. The van der Waals surface area contributed by atoms with E-state index in [2.05, 4.69) is 14.7 Å². The number of quaternary nitrogens is 1. The molecule has 1 amide bonds. The SMILES string of the molecule is COc1cccc(Cc2nsc(Oc3cccc(C(=O)NCC[NH+](C)C)c3)n2)c1. The largest absolute Gasteiger partial charge is 0.497 e. The molecule has 7 nitrogen and oxygen atoms in total. The summed E-state index contributed by atoms with van der Waals surface area (Å²) in [5.41, 5.74) is 1.62. The quantitative estimate of drug-likeness (QED) is 0.559. The average molecular weight is 414 g/mol. The fourth-order valence-corrected chi connectivity index (χ4v) is 3.21. The Bertz CT molecular complexity index is 958. The van der Waals surface area contributed by atoms with E-state index in [-0.39, 0.29) is 5.91 Å². The molecule has 0 radical (unpaired) electrons. The predicted octanol–water partition coefficient (Wildman–Crippen LogP) is 1.80. The molecule has 0 unspecified atom stereocenters. The van der Waals surface area contributed by atoms with Gasteiger partial charge >= 0.3 is 0 Å². The Kier molecular flexibility index (Phi) is 7.15. The normalized spacial score (nSPS) is 10.8. The summed E-state index contributed by atoms with van der Waals surface area (Å²) in [4.78, 5) is 18.0. The van der Waals surface area contributed by atoms with Gasteiger partial charge in [0.05, 0.1) is 34.3 Å². The summed E-state index contributed by atoms with van der Waals surface area (Å²) < 4.78 is 15.4. The fourth-order valence-electron chi connectivity index (χ4n) is 2.65. The zero-order valence-corrected chi connectivity index (χ0v) is 17.6. The van der Waals surface area contributed by atoms with Gasteiger partial charge in [-0.05, 0) is 35.9 Å². The molecule has 152 valence electrons. The third-order valence-corrected chi connectivity index (χ3v) is 4.79. The summed E-state index contributed by atoms with van der Waals surface area (Å²) in [5, 5.41) is 3.35. The van der Waals surface area contributed by atoms with E-state index in [1.807, 2.05) is 38.4 Å². The van der Waals surface area contributed by atoms with Gasteiger partial charge in [-0.2, -0.15) is 9.36 Å². The Morgan fingerprint density at radius 3 is 2.72 bits per heavy atom. The van der Waals surface area contributed by atoms with Gasteiger partial charge in [0.25, 0.3) is 11.1 Å². The molecular formula is C21H25N4O3S+. The van der Waals surface area contributed by atoms with Gasteiger partial charge in [-0.15, -0.1) is 0 Å². The highest BCUT2D eigenvalue weighted by Crippen LogP contribution is 2.25. The maximum absolute atomic E-state index is 12.3. The number of ether oxygens (including phenoxy) is 2. The first-order valence-corrected chi connectivity index (χ1v) is 10.1. The number of rotatable bonds is 9. The molecule has 0 aliphatic carbocycles. The minimum absolute atomic E-state index is 0.118. The van der Waals surface area contributed by atoms with Crippen LogP contribution in [0.15, 0.2) is 48.5 Å². The van der Waals surface area contributed by atoms with E-state index in [0.717, 1.165) is 17.9 Å². The van der Waals surface area contributed by atoms with Crippen LogP contribution in [0.25, 0.3) is 0 Å². The van der Waals surface area contributed by atoms with Crippen molar-refractivity contribution in [2.24, 2.45) is 0 Å². The first-order chi connectivity index (χ1) is 14.0. The van der Waals surface area contributed by atoms with Crippen LogP contribution in [0.4, 0.5) is 0 Å². The molecule has 0 fully saturated rings. The third-order valence-electron chi connectivity index (χ3n) is 4.16. The van der Waals surface area contributed by atoms with Crippen LogP contribution in [0.2, 0.25) is 0 Å². The molecule has 0 saturated heterocycles. The molecule has 3 aromatic rings. The first-order valence-electron chi connectivity index (χ1n) is 9.34. The molecule has 0 atom stereocenters.